The molecule has 3 heterocycles. The fourth-order valence-corrected chi connectivity index (χ4v) is 2.59. The molecule has 0 amide bonds. The molecule has 0 spiro atoms. The van der Waals surface area contributed by atoms with Crippen molar-refractivity contribution in [1.82, 2.24) is 14.7 Å². The van der Waals surface area contributed by atoms with Crippen LogP contribution in [0.3, 0.4) is 0 Å². The van der Waals surface area contributed by atoms with E-state index in [1.165, 1.54) is 18.7 Å². The summed E-state index contributed by atoms with van der Waals surface area (Å²) in [7, 11) is 2.05. The smallest absolute Gasteiger partial charge is 0.138 e. The molecule has 2 aromatic rings. The van der Waals surface area contributed by atoms with Crippen LogP contribution in [0.25, 0.3) is 5.65 Å². The van der Waals surface area contributed by atoms with Gasteiger partial charge < -0.3 is 10.2 Å². The van der Waals surface area contributed by atoms with E-state index in [4.69, 9.17) is 0 Å². The first-order valence-electron chi connectivity index (χ1n) is 6.23. The summed E-state index contributed by atoms with van der Waals surface area (Å²) in [6.45, 7) is 2.23. The molecule has 0 saturated carbocycles. The number of hydrogen-bond donors (Lipinski definition) is 1. The zero-order valence-electron chi connectivity index (χ0n) is 10.1. The van der Waals surface area contributed by atoms with Crippen LogP contribution in [0.2, 0.25) is 0 Å². The van der Waals surface area contributed by atoms with Crippen LogP contribution in [0.15, 0.2) is 30.6 Å². The van der Waals surface area contributed by atoms with E-state index in [0.717, 1.165) is 18.7 Å². The number of pyridine rings is 1. The molecule has 0 aromatic carbocycles. The van der Waals surface area contributed by atoms with Gasteiger partial charge in [-0.15, -0.1) is 0 Å². The normalized spacial score (nSPS) is 17.8. The minimum Gasteiger partial charge on any atom is -0.358 e. The number of aromatic nitrogens is 2. The summed E-state index contributed by atoms with van der Waals surface area (Å²) in [4.78, 5) is 6.78. The second-order valence-electron chi connectivity index (χ2n) is 4.59. The monoisotopic (exact) mass is 230 g/mol. The van der Waals surface area contributed by atoms with Gasteiger partial charge in [0.05, 0.1) is 0 Å². The summed E-state index contributed by atoms with van der Waals surface area (Å²) in [6, 6.07) is 6.98. The standard InChI is InChI=1S/C13H18N4/c1-14-11-5-8-16(9-6-11)13-4-2-3-12-15-7-10-17(12)13/h2-4,7,10-11,14H,5-6,8-9H2,1H3. The number of nitrogens with one attached hydrogen (secondary N) is 1. The minimum atomic E-state index is 0.674. The zero-order valence-corrected chi connectivity index (χ0v) is 10.1. The van der Waals surface area contributed by atoms with Crippen molar-refractivity contribution in [1.29, 1.82) is 0 Å². The van der Waals surface area contributed by atoms with E-state index < -0.39 is 0 Å². The van der Waals surface area contributed by atoms with Crippen molar-refractivity contribution in [2.75, 3.05) is 25.0 Å². The van der Waals surface area contributed by atoms with Crippen molar-refractivity contribution in [2.45, 2.75) is 18.9 Å². The lowest BCUT2D eigenvalue weighted by Gasteiger charge is -2.33. The summed E-state index contributed by atoms with van der Waals surface area (Å²) in [5.74, 6) is 1.26. The third kappa shape index (κ3) is 1.89. The van der Waals surface area contributed by atoms with Crippen molar-refractivity contribution < 1.29 is 0 Å². The summed E-state index contributed by atoms with van der Waals surface area (Å²) in [6.07, 6.45) is 6.32. The maximum Gasteiger partial charge on any atom is 0.138 e. The highest BCUT2D eigenvalue weighted by Crippen LogP contribution is 2.20. The largest absolute Gasteiger partial charge is 0.358 e. The van der Waals surface area contributed by atoms with Gasteiger partial charge in [-0.05, 0) is 32.0 Å². The topological polar surface area (TPSA) is 32.6 Å². The highest BCUT2D eigenvalue weighted by atomic mass is 15.2. The molecule has 1 aliphatic heterocycles. The van der Waals surface area contributed by atoms with Gasteiger partial charge in [-0.2, -0.15) is 0 Å². The molecule has 90 valence electrons. The highest BCUT2D eigenvalue weighted by molar-refractivity contribution is 5.51. The Labute approximate surface area is 101 Å². The van der Waals surface area contributed by atoms with Crippen LogP contribution < -0.4 is 10.2 Å². The molecule has 4 heteroatoms. The van der Waals surface area contributed by atoms with Crippen molar-refractivity contribution >= 4 is 11.5 Å². The van der Waals surface area contributed by atoms with Crippen LogP contribution in [0.1, 0.15) is 12.8 Å². The van der Waals surface area contributed by atoms with Crippen LogP contribution in [0.4, 0.5) is 5.82 Å². The lowest BCUT2D eigenvalue weighted by molar-refractivity contribution is 0.440. The van der Waals surface area contributed by atoms with Crippen molar-refractivity contribution in [3.05, 3.63) is 30.6 Å². The first kappa shape index (κ1) is 10.6. The number of nitrogens with zero attached hydrogens (tertiary/aromatic N) is 3. The van der Waals surface area contributed by atoms with E-state index in [2.05, 4.69) is 38.8 Å². The van der Waals surface area contributed by atoms with Gasteiger partial charge in [-0.3, -0.25) is 4.40 Å². The molecule has 0 unspecified atom stereocenters. The molecule has 1 N–H and O–H groups in total. The first-order chi connectivity index (χ1) is 8.38. The van der Waals surface area contributed by atoms with Crippen LogP contribution in [-0.4, -0.2) is 35.6 Å². The Bertz CT molecular complexity index is 497. The summed E-state index contributed by atoms with van der Waals surface area (Å²) in [5, 5.41) is 3.36. The lowest BCUT2D eigenvalue weighted by atomic mass is 10.1. The summed E-state index contributed by atoms with van der Waals surface area (Å²) < 4.78 is 2.17. The highest BCUT2D eigenvalue weighted by Gasteiger charge is 2.19. The molecule has 0 bridgehead atoms. The van der Waals surface area contributed by atoms with Crippen LogP contribution >= 0.6 is 0 Å². The Morgan fingerprint density at radius 1 is 1.29 bits per heavy atom. The zero-order chi connectivity index (χ0) is 11.7. The molecule has 2 aromatic heterocycles. The van der Waals surface area contributed by atoms with E-state index in [0.29, 0.717) is 6.04 Å². The number of fused-ring (bicyclic) bond motifs is 1. The molecule has 1 aliphatic rings. The molecular formula is C13H18N4. The Balaban J connectivity index is 1.87. The second kappa shape index (κ2) is 4.37. The van der Waals surface area contributed by atoms with E-state index in [-0.39, 0.29) is 0 Å². The molecule has 4 nitrogen and oxygen atoms in total. The molecule has 1 saturated heterocycles. The second-order valence-corrected chi connectivity index (χ2v) is 4.59. The van der Waals surface area contributed by atoms with Gasteiger partial charge in [0, 0.05) is 31.5 Å². The fraction of sp³-hybridized carbons (Fsp3) is 0.462. The molecule has 0 aliphatic carbocycles. The Kier molecular flexibility index (Phi) is 2.73. The van der Waals surface area contributed by atoms with Gasteiger partial charge in [0.1, 0.15) is 11.5 Å². The first-order valence-corrected chi connectivity index (χ1v) is 6.23. The number of hydrogen-bond acceptors (Lipinski definition) is 3. The van der Waals surface area contributed by atoms with Gasteiger partial charge in [0.25, 0.3) is 0 Å². The van der Waals surface area contributed by atoms with Gasteiger partial charge in [-0.25, -0.2) is 4.98 Å². The van der Waals surface area contributed by atoms with Crippen LogP contribution in [0, 0.1) is 0 Å². The Morgan fingerprint density at radius 3 is 2.88 bits per heavy atom. The molecule has 17 heavy (non-hydrogen) atoms. The Morgan fingerprint density at radius 2 is 2.12 bits per heavy atom. The van der Waals surface area contributed by atoms with E-state index in [1.54, 1.807) is 0 Å². The van der Waals surface area contributed by atoms with E-state index in [9.17, 15) is 0 Å². The number of rotatable bonds is 2. The lowest BCUT2D eigenvalue weighted by Crippen LogP contribution is -2.41. The summed E-state index contributed by atoms with van der Waals surface area (Å²) in [5.41, 5.74) is 1.03. The molecule has 3 rings (SSSR count). The fourth-order valence-electron chi connectivity index (χ4n) is 2.59. The SMILES string of the molecule is CNC1CCN(c2cccc3nccn23)CC1. The van der Waals surface area contributed by atoms with Crippen molar-refractivity contribution in [2.24, 2.45) is 0 Å². The maximum atomic E-state index is 4.33. The number of piperidine rings is 1. The minimum absolute atomic E-state index is 0.674. The maximum absolute atomic E-state index is 4.33. The van der Waals surface area contributed by atoms with Gasteiger partial charge in [-0.1, -0.05) is 6.07 Å². The van der Waals surface area contributed by atoms with Gasteiger partial charge in [0.15, 0.2) is 0 Å². The van der Waals surface area contributed by atoms with Crippen LogP contribution in [-0.2, 0) is 0 Å². The van der Waals surface area contributed by atoms with E-state index in [1.807, 2.05) is 18.5 Å². The third-order valence-electron chi connectivity index (χ3n) is 3.63. The Hall–Kier alpha value is -1.55. The van der Waals surface area contributed by atoms with Gasteiger partial charge >= 0.3 is 0 Å². The average Bonchev–Trinajstić information content (AvgIpc) is 2.87. The summed E-state index contributed by atoms with van der Waals surface area (Å²) >= 11 is 0. The quantitative estimate of drug-likeness (QED) is 0.849. The van der Waals surface area contributed by atoms with Crippen molar-refractivity contribution in [3.8, 4) is 0 Å². The third-order valence-corrected chi connectivity index (χ3v) is 3.63. The average molecular weight is 230 g/mol. The predicted octanol–water partition coefficient (Wildman–Crippen LogP) is 1.52. The molecular weight excluding hydrogens is 212 g/mol. The van der Waals surface area contributed by atoms with Crippen molar-refractivity contribution in [3.63, 3.8) is 0 Å². The molecule has 0 atom stereocenters. The number of imidazole rings is 1. The molecule has 0 radical (unpaired) electrons. The van der Waals surface area contributed by atoms with Crippen LogP contribution in [0.5, 0.6) is 0 Å². The van der Waals surface area contributed by atoms with Gasteiger partial charge in [0.2, 0.25) is 0 Å². The molecule has 1 fully saturated rings. The number of anilines is 1. The predicted molar refractivity (Wildman–Crippen MR) is 69.5 cm³/mol. The van der Waals surface area contributed by atoms with E-state index >= 15 is 0 Å².